The Kier molecular flexibility index (Phi) is 7.19. The van der Waals surface area contributed by atoms with Crippen molar-refractivity contribution in [3.8, 4) is 0 Å². The van der Waals surface area contributed by atoms with E-state index >= 15 is 0 Å². The Hall–Kier alpha value is -2.62. The van der Waals surface area contributed by atoms with Crippen molar-refractivity contribution in [2.75, 3.05) is 45.2 Å². The molecule has 0 atom stereocenters. The topological polar surface area (TPSA) is 73.8 Å². The number of β-amino-alcohol motifs (C(OH)–C–C–N with tert-alkyl or cyclic N) is 1. The minimum absolute atomic E-state index is 0.0316. The first-order valence-electron chi connectivity index (χ1n) is 10.0. The van der Waals surface area contributed by atoms with Gasteiger partial charge in [-0.25, -0.2) is 13.2 Å². The number of likely N-dealkylation sites (tertiary alicyclic amines) is 1. The van der Waals surface area contributed by atoms with Gasteiger partial charge in [-0.3, -0.25) is 4.79 Å². The molecule has 31 heavy (non-hydrogen) atoms. The van der Waals surface area contributed by atoms with Gasteiger partial charge in [-0.05, 0) is 36.2 Å². The smallest absolute Gasteiger partial charge is 0.256 e. The number of nitrogens with zero attached hydrogens (tertiary/aromatic N) is 1. The molecule has 0 unspecified atom stereocenters. The van der Waals surface area contributed by atoms with E-state index in [1.807, 2.05) is 6.92 Å². The van der Waals surface area contributed by atoms with E-state index in [9.17, 15) is 23.1 Å². The first-order valence-corrected chi connectivity index (χ1v) is 10.0. The Morgan fingerprint density at radius 1 is 1.19 bits per heavy atom. The van der Waals surface area contributed by atoms with Crippen molar-refractivity contribution >= 4 is 17.3 Å². The maximum Gasteiger partial charge on any atom is 0.256 e. The second-order valence-electron chi connectivity index (χ2n) is 7.63. The fraction of sp³-hybridized carbons (Fsp3) is 0.409. The number of hydrogen-bond acceptors (Lipinski definition) is 5. The standard InChI is InChI=1S/C22H26F3N3O3/c1-3-14-4-7-18(17(24)10-14)27-20-15(5-6-16(23)19(20)25)21(29)28-12-22(30,13-28)11-26-8-9-31-2/h4-7,10,26-27,30H,3,8-9,11-13H2,1-2H3. The van der Waals surface area contributed by atoms with Crippen molar-refractivity contribution in [2.24, 2.45) is 0 Å². The van der Waals surface area contributed by atoms with Crippen molar-refractivity contribution in [2.45, 2.75) is 18.9 Å². The maximum atomic E-state index is 14.6. The fourth-order valence-electron chi connectivity index (χ4n) is 3.45. The molecule has 1 aliphatic rings. The Morgan fingerprint density at radius 3 is 2.58 bits per heavy atom. The van der Waals surface area contributed by atoms with E-state index in [4.69, 9.17) is 4.74 Å². The number of anilines is 2. The van der Waals surface area contributed by atoms with E-state index < -0.39 is 34.6 Å². The van der Waals surface area contributed by atoms with Crippen molar-refractivity contribution in [3.05, 3.63) is 58.9 Å². The average molecular weight is 437 g/mol. The molecule has 9 heteroatoms. The molecule has 1 amide bonds. The van der Waals surface area contributed by atoms with Crippen LogP contribution in [0, 0.1) is 17.5 Å². The third-order valence-corrected chi connectivity index (χ3v) is 5.22. The molecule has 3 N–H and O–H groups in total. The molecular weight excluding hydrogens is 411 g/mol. The quantitative estimate of drug-likeness (QED) is 0.526. The number of hydrogen-bond donors (Lipinski definition) is 3. The number of rotatable bonds is 9. The Balaban J connectivity index is 1.77. The molecule has 0 aliphatic carbocycles. The second-order valence-corrected chi connectivity index (χ2v) is 7.63. The van der Waals surface area contributed by atoms with Gasteiger partial charge < -0.3 is 25.4 Å². The summed E-state index contributed by atoms with van der Waals surface area (Å²) in [5, 5.41) is 16.0. The van der Waals surface area contributed by atoms with Crippen molar-refractivity contribution in [1.82, 2.24) is 10.2 Å². The van der Waals surface area contributed by atoms with Crippen LogP contribution in [0.5, 0.6) is 0 Å². The van der Waals surface area contributed by atoms with Gasteiger partial charge in [0.15, 0.2) is 11.6 Å². The lowest BCUT2D eigenvalue weighted by atomic mass is 9.92. The minimum Gasteiger partial charge on any atom is -0.385 e. The number of carbonyl (C=O) groups excluding carboxylic acids is 1. The molecule has 2 aromatic rings. The van der Waals surface area contributed by atoms with E-state index in [2.05, 4.69) is 10.6 Å². The summed E-state index contributed by atoms with van der Waals surface area (Å²) in [4.78, 5) is 14.2. The molecule has 168 valence electrons. The van der Waals surface area contributed by atoms with E-state index in [-0.39, 0.29) is 30.9 Å². The molecule has 0 bridgehead atoms. The molecule has 1 aliphatic heterocycles. The number of nitrogens with one attached hydrogen (secondary N) is 2. The van der Waals surface area contributed by atoms with Gasteiger partial charge >= 0.3 is 0 Å². The molecule has 1 saturated heterocycles. The molecular formula is C22H26F3N3O3. The monoisotopic (exact) mass is 437 g/mol. The van der Waals surface area contributed by atoms with Crippen LogP contribution in [0.4, 0.5) is 24.5 Å². The zero-order chi connectivity index (χ0) is 22.6. The van der Waals surface area contributed by atoms with Crippen LogP contribution in [0.1, 0.15) is 22.8 Å². The Morgan fingerprint density at radius 2 is 1.94 bits per heavy atom. The van der Waals surface area contributed by atoms with Gasteiger partial charge in [0, 0.05) is 20.2 Å². The molecule has 3 rings (SSSR count). The maximum absolute atomic E-state index is 14.6. The molecule has 1 fully saturated rings. The van der Waals surface area contributed by atoms with Crippen LogP contribution in [-0.4, -0.2) is 61.4 Å². The number of ether oxygens (including phenoxy) is 1. The van der Waals surface area contributed by atoms with Crippen LogP contribution in [0.3, 0.4) is 0 Å². The van der Waals surface area contributed by atoms with Crippen molar-refractivity contribution < 1.29 is 27.8 Å². The van der Waals surface area contributed by atoms with Crippen LogP contribution >= 0.6 is 0 Å². The Labute approximate surface area is 179 Å². The summed E-state index contributed by atoms with van der Waals surface area (Å²) in [5.74, 6) is -3.66. The highest BCUT2D eigenvalue weighted by atomic mass is 19.2. The molecule has 6 nitrogen and oxygen atoms in total. The lowest BCUT2D eigenvalue weighted by Crippen LogP contribution is -2.67. The summed E-state index contributed by atoms with van der Waals surface area (Å²) in [7, 11) is 1.57. The molecule has 0 spiro atoms. The van der Waals surface area contributed by atoms with Gasteiger partial charge in [0.1, 0.15) is 11.4 Å². The number of aryl methyl sites for hydroxylation is 1. The molecule has 1 heterocycles. The van der Waals surface area contributed by atoms with Gasteiger partial charge in [-0.2, -0.15) is 0 Å². The summed E-state index contributed by atoms with van der Waals surface area (Å²) in [6.45, 7) is 3.22. The predicted molar refractivity (Wildman–Crippen MR) is 111 cm³/mol. The number of aliphatic hydroxyl groups is 1. The highest BCUT2D eigenvalue weighted by Gasteiger charge is 2.44. The Bertz CT molecular complexity index is 949. The van der Waals surface area contributed by atoms with Gasteiger partial charge in [-0.1, -0.05) is 13.0 Å². The first-order chi connectivity index (χ1) is 14.8. The highest BCUT2D eigenvalue weighted by molar-refractivity contribution is 6.01. The number of carbonyl (C=O) groups is 1. The van der Waals surface area contributed by atoms with Gasteiger partial charge in [0.25, 0.3) is 5.91 Å². The molecule has 0 saturated carbocycles. The summed E-state index contributed by atoms with van der Waals surface area (Å²) >= 11 is 0. The van der Waals surface area contributed by atoms with E-state index in [0.29, 0.717) is 19.6 Å². The lowest BCUT2D eigenvalue weighted by Gasteiger charge is -2.46. The van der Waals surface area contributed by atoms with Crippen LogP contribution in [0.2, 0.25) is 0 Å². The zero-order valence-electron chi connectivity index (χ0n) is 17.5. The van der Waals surface area contributed by atoms with Gasteiger partial charge in [-0.15, -0.1) is 0 Å². The van der Waals surface area contributed by atoms with Gasteiger partial charge in [0.2, 0.25) is 0 Å². The largest absolute Gasteiger partial charge is 0.385 e. The summed E-state index contributed by atoms with van der Waals surface area (Å²) in [6.07, 6.45) is 0.619. The number of halogens is 3. The first kappa shape index (κ1) is 23.1. The average Bonchev–Trinajstić information content (AvgIpc) is 2.73. The van der Waals surface area contributed by atoms with E-state index in [1.54, 1.807) is 13.2 Å². The SMILES string of the molecule is CCc1ccc(Nc2c(C(=O)N3CC(O)(CNCCOC)C3)ccc(F)c2F)c(F)c1. The summed E-state index contributed by atoms with van der Waals surface area (Å²) in [6, 6.07) is 6.38. The summed E-state index contributed by atoms with van der Waals surface area (Å²) < 4.78 is 47.7. The van der Waals surface area contributed by atoms with Crippen molar-refractivity contribution in [3.63, 3.8) is 0 Å². The zero-order valence-corrected chi connectivity index (χ0v) is 17.5. The lowest BCUT2D eigenvalue weighted by molar-refractivity contribution is -0.0788. The van der Waals surface area contributed by atoms with Crippen LogP contribution in [-0.2, 0) is 11.2 Å². The summed E-state index contributed by atoms with van der Waals surface area (Å²) in [5.41, 5.74) is -1.03. The molecule has 2 aromatic carbocycles. The van der Waals surface area contributed by atoms with Crippen LogP contribution < -0.4 is 10.6 Å². The van der Waals surface area contributed by atoms with Crippen LogP contribution in [0.25, 0.3) is 0 Å². The normalized spacial score (nSPS) is 15.0. The third kappa shape index (κ3) is 5.17. The minimum atomic E-state index is -1.28. The van der Waals surface area contributed by atoms with E-state index in [0.717, 1.165) is 17.7 Å². The third-order valence-electron chi connectivity index (χ3n) is 5.22. The van der Waals surface area contributed by atoms with Crippen LogP contribution in [0.15, 0.2) is 30.3 Å². The molecule has 0 radical (unpaired) electrons. The number of amides is 1. The number of methoxy groups -OCH3 is 1. The second kappa shape index (κ2) is 9.67. The van der Waals surface area contributed by atoms with Crippen molar-refractivity contribution in [1.29, 1.82) is 0 Å². The van der Waals surface area contributed by atoms with E-state index in [1.165, 1.54) is 17.0 Å². The van der Waals surface area contributed by atoms with Gasteiger partial charge in [0.05, 0.1) is 36.6 Å². The number of benzene rings is 2. The predicted octanol–water partition coefficient (Wildman–Crippen LogP) is 2.83. The fourth-order valence-corrected chi connectivity index (χ4v) is 3.45. The highest BCUT2D eigenvalue weighted by Crippen LogP contribution is 2.31. The molecule has 0 aromatic heterocycles.